The van der Waals surface area contributed by atoms with Gasteiger partial charge in [-0.05, 0) is 31.1 Å². The number of nitrogens with one attached hydrogen (secondary N) is 1. The zero-order chi connectivity index (χ0) is 13.4. The molecule has 0 spiro atoms. The van der Waals surface area contributed by atoms with Gasteiger partial charge in [0.15, 0.2) is 0 Å². The van der Waals surface area contributed by atoms with Crippen LogP contribution in [0.15, 0.2) is 0 Å². The largest absolute Gasteiger partial charge is 0.468 e. The molecule has 1 rings (SSSR count). The van der Waals surface area contributed by atoms with Crippen LogP contribution in [0.3, 0.4) is 0 Å². The Morgan fingerprint density at radius 1 is 1.33 bits per heavy atom. The highest BCUT2D eigenvalue weighted by Crippen LogP contribution is 2.40. The quantitative estimate of drug-likeness (QED) is 0.676. The van der Waals surface area contributed by atoms with E-state index >= 15 is 0 Å². The molecule has 0 saturated heterocycles. The molecule has 1 unspecified atom stereocenters. The van der Waals surface area contributed by atoms with Crippen molar-refractivity contribution in [3.05, 3.63) is 0 Å². The number of unbranched alkanes of at least 4 members (excludes halogenated alkanes) is 1. The predicted molar refractivity (Wildman–Crippen MR) is 74.5 cm³/mol. The molecule has 0 aromatic rings. The minimum atomic E-state index is -0.112. The second-order valence-corrected chi connectivity index (χ2v) is 5.66. The number of esters is 1. The van der Waals surface area contributed by atoms with Crippen molar-refractivity contribution in [3.8, 4) is 0 Å². The van der Waals surface area contributed by atoms with Gasteiger partial charge in [-0.3, -0.25) is 4.79 Å². The van der Waals surface area contributed by atoms with E-state index in [0.717, 1.165) is 25.8 Å². The van der Waals surface area contributed by atoms with Gasteiger partial charge in [0, 0.05) is 6.54 Å². The number of ether oxygens (including phenoxy) is 1. The van der Waals surface area contributed by atoms with Gasteiger partial charge in [-0.2, -0.15) is 0 Å². The van der Waals surface area contributed by atoms with Gasteiger partial charge >= 0.3 is 5.97 Å². The van der Waals surface area contributed by atoms with Crippen molar-refractivity contribution in [1.29, 1.82) is 0 Å². The molecular formula is C15H29NO2. The fraction of sp³-hybridized carbons (Fsp3) is 0.933. The summed E-state index contributed by atoms with van der Waals surface area (Å²) < 4.78 is 4.89. The molecule has 106 valence electrons. The van der Waals surface area contributed by atoms with Crippen LogP contribution < -0.4 is 5.32 Å². The Balaban J connectivity index is 2.46. The molecule has 1 atom stereocenters. The third-order valence-electron chi connectivity index (χ3n) is 4.47. The summed E-state index contributed by atoms with van der Waals surface area (Å²) in [5, 5.41) is 3.46. The lowest BCUT2D eigenvalue weighted by Gasteiger charge is -2.30. The second kappa shape index (κ2) is 7.78. The maximum absolute atomic E-state index is 11.7. The average molecular weight is 255 g/mol. The van der Waals surface area contributed by atoms with Gasteiger partial charge < -0.3 is 10.1 Å². The summed E-state index contributed by atoms with van der Waals surface area (Å²) in [5.41, 5.74) is 0.429. The van der Waals surface area contributed by atoms with Crippen molar-refractivity contribution < 1.29 is 9.53 Å². The van der Waals surface area contributed by atoms with E-state index in [4.69, 9.17) is 4.74 Å². The van der Waals surface area contributed by atoms with Crippen molar-refractivity contribution in [2.75, 3.05) is 13.7 Å². The molecule has 1 aliphatic carbocycles. The van der Waals surface area contributed by atoms with E-state index < -0.39 is 0 Å². The van der Waals surface area contributed by atoms with Crippen molar-refractivity contribution in [1.82, 2.24) is 5.32 Å². The third kappa shape index (κ3) is 4.27. The summed E-state index contributed by atoms with van der Waals surface area (Å²) in [4.78, 5) is 11.7. The van der Waals surface area contributed by atoms with Crippen LogP contribution in [0.4, 0.5) is 0 Å². The summed E-state index contributed by atoms with van der Waals surface area (Å²) in [6.45, 7) is 5.39. The molecule has 0 aliphatic heterocycles. The maximum Gasteiger partial charge on any atom is 0.322 e. The lowest BCUT2D eigenvalue weighted by Crippen LogP contribution is -2.43. The fourth-order valence-corrected chi connectivity index (χ4v) is 2.97. The first-order valence-electron chi connectivity index (χ1n) is 7.48. The van der Waals surface area contributed by atoms with Crippen LogP contribution in [0.5, 0.6) is 0 Å². The molecule has 3 nitrogen and oxygen atoms in total. The monoisotopic (exact) mass is 255 g/mol. The fourth-order valence-electron chi connectivity index (χ4n) is 2.97. The van der Waals surface area contributed by atoms with Gasteiger partial charge in [0.25, 0.3) is 0 Å². The van der Waals surface area contributed by atoms with Crippen LogP contribution in [0.25, 0.3) is 0 Å². The van der Waals surface area contributed by atoms with Crippen molar-refractivity contribution >= 4 is 5.97 Å². The predicted octanol–water partition coefficient (Wildman–Crippen LogP) is 3.28. The van der Waals surface area contributed by atoms with Crippen LogP contribution in [-0.4, -0.2) is 25.7 Å². The molecular weight excluding hydrogens is 226 g/mol. The first-order chi connectivity index (χ1) is 8.67. The van der Waals surface area contributed by atoms with E-state index in [2.05, 4.69) is 19.2 Å². The zero-order valence-corrected chi connectivity index (χ0v) is 12.3. The number of rotatable bonds is 8. The molecule has 1 fully saturated rings. The van der Waals surface area contributed by atoms with Gasteiger partial charge in [0.05, 0.1) is 7.11 Å². The number of hydrogen-bond donors (Lipinski definition) is 1. The Bertz CT molecular complexity index is 247. The van der Waals surface area contributed by atoms with E-state index in [-0.39, 0.29) is 12.0 Å². The Hall–Kier alpha value is -0.570. The van der Waals surface area contributed by atoms with Gasteiger partial charge in [0.2, 0.25) is 0 Å². The number of carbonyl (C=O) groups excluding carboxylic acids is 1. The van der Waals surface area contributed by atoms with Crippen LogP contribution in [0.2, 0.25) is 0 Å². The van der Waals surface area contributed by atoms with Crippen molar-refractivity contribution in [3.63, 3.8) is 0 Å². The van der Waals surface area contributed by atoms with Crippen molar-refractivity contribution in [2.45, 2.75) is 71.3 Å². The molecule has 1 aliphatic rings. The standard InChI is InChI=1S/C15H29NO2/c1-4-6-9-13(14(17)18-3)16-12-15(5-2)10-7-8-11-15/h13,16H,4-12H2,1-3H3. The normalized spacial score (nSPS) is 19.7. The molecule has 18 heavy (non-hydrogen) atoms. The minimum absolute atomic E-state index is 0.104. The van der Waals surface area contributed by atoms with E-state index in [9.17, 15) is 4.79 Å². The molecule has 0 aromatic carbocycles. The SMILES string of the molecule is CCCCC(NCC1(CC)CCCC1)C(=O)OC. The Kier molecular flexibility index (Phi) is 6.69. The Labute approximate surface area is 112 Å². The first-order valence-corrected chi connectivity index (χ1v) is 7.48. The molecule has 0 radical (unpaired) electrons. The van der Waals surface area contributed by atoms with Crippen LogP contribution in [0.1, 0.15) is 65.2 Å². The summed E-state index contributed by atoms with van der Waals surface area (Å²) in [6, 6.07) is -0.112. The number of hydrogen-bond acceptors (Lipinski definition) is 3. The minimum Gasteiger partial charge on any atom is -0.468 e. The van der Waals surface area contributed by atoms with Crippen LogP contribution >= 0.6 is 0 Å². The lowest BCUT2D eigenvalue weighted by atomic mass is 9.83. The second-order valence-electron chi connectivity index (χ2n) is 5.66. The number of carbonyl (C=O) groups is 1. The van der Waals surface area contributed by atoms with E-state index in [1.165, 1.54) is 39.2 Å². The third-order valence-corrected chi connectivity index (χ3v) is 4.47. The van der Waals surface area contributed by atoms with Gasteiger partial charge in [-0.15, -0.1) is 0 Å². The molecule has 0 heterocycles. The summed E-state index contributed by atoms with van der Waals surface area (Å²) in [6.07, 6.45) is 9.59. The molecule has 0 aromatic heterocycles. The molecule has 1 N–H and O–H groups in total. The molecule has 0 bridgehead atoms. The highest BCUT2D eigenvalue weighted by molar-refractivity contribution is 5.75. The first kappa shape index (κ1) is 15.5. The average Bonchev–Trinajstić information content (AvgIpc) is 2.87. The summed E-state index contributed by atoms with van der Waals surface area (Å²) in [5.74, 6) is -0.104. The maximum atomic E-state index is 11.7. The van der Waals surface area contributed by atoms with Crippen LogP contribution in [-0.2, 0) is 9.53 Å². The number of methoxy groups -OCH3 is 1. The van der Waals surface area contributed by atoms with E-state index in [0.29, 0.717) is 5.41 Å². The van der Waals surface area contributed by atoms with E-state index in [1.807, 2.05) is 0 Å². The van der Waals surface area contributed by atoms with E-state index in [1.54, 1.807) is 0 Å². The topological polar surface area (TPSA) is 38.3 Å². The van der Waals surface area contributed by atoms with Crippen molar-refractivity contribution in [2.24, 2.45) is 5.41 Å². The van der Waals surface area contributed by atoms with Crippen LogP contribution in [0, 0.1) is 5.41 Å². The van der Waals surface area contributed by atoms with Gasteiger partial charge in [-0.25, -0.2) is 0 Å². The highest BCUT2D eigenvalue weighted by Gasteiger charge is 2.33. The highest BCUT2D eigenvalue weighted by atomic mass is 16.5. The molecule has 1 saturated carbocycles. The Morgan fingerprint density at radius 2 is 2.00 bits per heavy atom. The Morgan fingerprint density at radius 3 is 2.50 bits per heavy atom. The molecule has 0 amide bonds. The lowest BCUT2D eigenvalue weighted by molar-refractivity contribution is -0.143. The van der Waals surface area contributed by atoms with Gasteiger partial charge in [-0.1, -0.05) is 39.5 Å². The van der Waals surface area contributed by atoms with Gasteiger partial charge in [0.1, 0.15) is 6.04 Å². The smallest absolute Gasteiger partial charge is 0.322 e. The summed E-state index contributed by atoms with van der Waals surface area (Å²) in [7, 11) is 1.48. The zero-order valence-electron chi connectivity index (χ0n) is 12.3. The summed E-state index contributed by atoms with van der Waals surface area (Å²) >= 11 is 0. The molecule has 3 heteroatoms.